The van der Waals surface area contributed by atoms with Crippen LogP contribution >= 0.6 is 11.8 Å². The Balaban J connectivity index is 1.97. The average molecular weight is 220 g/mol. The lowest BCUT2D eigenvalue weighted by atomic mass is 10.3. The largest absolute Gasteiger partial charge is 0.350 e. The van der Waals surface area contributed by atoms with Crippen LogP contribution in [-0.4, -0.2) is 17.3 Å². The average Bonchev–Trinajstić information content (AvgIpc) is 2.67. The molecular formula is C12H16N2S. The van der Waals surface area contributed by atoms with Gasteiger partial charge in [-0.2, -0.15) is 0 Å². The molecule has 0 amide bonds. The summed E-state index contributed by atoms with van der Waals surface area (Å²) in [5.41, 5.74) is 6.67. The fraction of sp³-hybridized carbons (Fsp3) is 0.333. The first kappa shape index (κ1) is 10.6. The summed E-state index contributed by atoms with van der Waals surface area (Å²) in [7, 11) is 0. The van der Waals surface area contributed by atoms with Crippen molar-refractivity contribution in [2.24, 2.45) is 5.73 Å². The third kappa shape index (κ3) is 2.76. The highest BCUT2D eigenvalue weighted by molar-refractivity contribution is 7.99. The number of H-pyrrole nitrogens is 1. The number of aromatic nitrogens is 1. The van der Waals surface area contributed by atoms with Crippen molar-refractivity contribution in [3.05, 3.63) is 30.3 Å². The number of hydrogen-bond acceptors (Lipinski definition) is 2. The molecule has 2 rings (SSSR count). The van der Waals surface area contributed by atoms with E-state index in [2.05, 4.69) is 35.3 Å². The molecule has 0 bridgehead atoms. The zero-order valence-electron chi connectivity index (χ0n) is 8.70. The van der Waals surface area contributed by atoms with Crippen molar-refractivity contribution in [2.45, 2.75) is 17.9 Å². The molecule has 0 radical (unpaired) electrons. The second-order valence-corrected chi connectivity index (χ2v) is 4.70. The van der Waals surface area contributed by atoms with Gasteiger partial charge in [-0.25, -0.2) is 0 Å². The Bertz CT molecular complexity index is 389. The molecule has 0 aliphatic carbocycles. The van der Waals surface area contributed by atoms with Crippen LogP contribution < -0.4 is 5.73 Å². The first-order valence-corrected chi connectivity index (χ1v) is 6.29. The molecule has 0 saturated heterocycles. The standard InChI is InChI=1S/C12H16N2S/c13-7-3-4-8-15-12-9-10-5-1-2-6-11(10)14-12/h1-2,5-6,9,14H,3-4,7-8,13H2. The summed E-state index contributed by atoms with van der Waals surface area (Å²) in [5.74, 6) is 1.14. The lowest BCUT2D eigenvalue weighted by Gasteiger charge is -1.96. The number of fused-ring (bicyclic) bond motifs is 1. The smallest absolute Gasteiger partial charge is 0.0732 e. The van der Waals surface area contributed by atoms with Gasteiger partial charge in [-0.05, 0) is 37.3 Å². The van der Waals surface area contributed by atoms with Crippen molar-refractivity contribution in [1.82, 2.24) is 4.98 Å². The molecule has 1 aromatic heterocycles. The predicted molar refractivity (Wildman–Crippen MR) is 67.3 cm³/mol. The lowest BCUT2D eigenvalue weighted by molar-refractivity contribution is 0.814. The highest BCUT2D eigenvalue weighted by Gasteiger charge is 1.99. The van der Waals surface area contributed by atoms with Crippen molar-refractivity contribution in [1.29, 1.82) is 0 Å². The number of para-hydroxylation sites is 1. The molecule has 0 fully saturated rings. The molecule has 0 aliphatic heterocycles. The van der Waals surface area contributed by atoms with E-state index in [1.54, 1.807) is 0 Å². The van der Waals surface area contributed by atoms with Crippen molar-refractivity contribution in [2.75, 3.05) is 12.3 Å². The Labute approximate surface area is 94.2 Å². The van der Waals surface area contributed by atoms with Gasteiger partial charge in [0.2, 0.25) is 0 Å². The van der Waals surface area contributed by atoms with Crippen LogP contribution in [0.1, 0.15) is 12.8 Å². The Morgan fingerprint density at radius 2 is 2.07 bits per heavy atom. The fourth-order valence-corrected chi connectivity index (χ4v) is 2.51. The SMILES string of the molecule is NCCCCSc1cc2ccccc2[nH]1. The number of thioether (sulfide) groups is 1. The Kier molecular flexibility index (Phi) is 3.69. The molecule has 0 unspecified atom stereocenters. The molecule has 3 N–H and O–H groups in total. The summed E-state index contributed by atoms with van der Waals surface area (Å²) in [6.07, 6.45) is 2.31. The van der Waals surface area contributed by atoms with Gasteiger partial charge in [0, 0.05) is 10.9 Å². The summed E-state index contributed by atoms with van der Waals surface area (Å²) < 4.78 is 0. The number of rotatable bonds is 5. The van der Waals surface area contributed by atoms with E-state index in [1.165, 1.54) is 22.3 Å². The van der Waals surface area contributed by atoms with Gasteiger partial charge in [0.15, 0.2) is 0 Å². The minimum absolute atomic E-state index is 0.799. The van der Waals surface area contributed by atoms with E-state index in [0.717, 1.165) is 18.7 Å². The minimum atomic E-state index is 0.799. The third-order valence-corrected chi connectivity index (χ3v) is 3.38. The summed E-state index contributed by atoms with van der Waals surface area (Å²) in [4.78, 5) is 3.40. The van der Waals surface area contributed by atoms with Crippen LogP contribution in [0.3, 0.4) is 0 Å². The van der Waals surface area contributed by atoms with Crippen molar-refractivity contribution in [3.63, 3.8) is 0 Å². The van der Waals surface area contributed by atoms with E-state index in [-0.39, 0.29) is 0 Å². The highest BCUT2D eigenvalue weighted by Crippen LogP contribution is 2.23. The fourth-order valence-electron chi connectivity index (χ4n) is 1.55. The van der Waals surface area contributed by atoms with E-state index < -0.39 is 0 Å². The second kappa shape index (κ2) is 5.24. The van der Waals surface area contributed by atoms with Gasteiger partial charge in [0.25, 0.3) is 0 Å². The second-order valence-electron chi connectivity index (χ2n) is 3.57. The molecule has 1 heterocycles. The molecule has 0 atom stereocenters. The van der Waals surface area contributed by atoms with Crippen LogP contribution in [0.2, 0.25) is 0 Å². The van der Waals surface area contributed by atoms with Crippen LogP contribution in [0.4, 0.5) is 0 Å². The van der Waals surface area contributed by atoms with Gasteiger partial charge in [-0.1, -0.05) is 18.2 Å². The Morgan fingerprint density at radius 3 is 2.87 bits per heavy atom. The summed E-state index contributed by atoms with van der Waals surface area (Å²) in [6.45, 7) is 0.799. The molecule has 0 saturated carbocycles. The van der Waals surface area contributed by atoms with Gasteiger partial charge in [-0.3, -0.25) is 0 Å². The molecule has 0 aliphatic rings. The maximum atomic E-state index is 5.45. The van der Waals surface area contributed by atoms with Gasteiger partial charge in [-0.15, -0.1) is 11.8 Å². The van der Waals surface area contributed by atoms with Crippen molar-refractivity contribution < 1.29 is 0 Å². The first-order chi connectivity index (χ1) is 7.40. The number of aromatic amines is 1. The van der Waals surface area contributed by atoms with Crippen molar-refractivity contribution in [3.8, 4) is 0 Å². The van der Waals surface area contributed by atoms with E-state index in [9.17, 15) is 0 Å². The van der Waals surface area contributed by atoms with E-state index in [0.29, 0.717) is 0 Å². The molecule has 2 nitrogen and oxygen atoms in total. The zero-order valence-corrected chi connectivity index (χ0v) is 9.52. The monoisotopic (exact) mass is 220 g/mol. The van der Waals surface area contributed by atoms with Gasteiger partial charge >= 0.3 is 0 Å². The van der Waals surface area contributed by atoms with Crippen LogP contribution in [-0.2, 0) is 0 Å². The van der Waals surface area contributed by atoms with E-state index in [4.69, 9.17) is 5.73 Å². The topological polar surface area (TPSA) is 41.8 Å². The maximum Gasteiger partial charge on any atom is 0.0732 e. The highest BCUT2D eigenvalue weighted by atomic mass is 32.2. The summed E-state index contributed by atoms with van der Waals surface area (Å²) >= 11 is 1.87. The van der Waals surface area contributed by atoms with Crippen LogP contribution in [0.5, 0.6) is 0 Å². The quantitative estimate of drug-likeness (QED) is 0.601. The zero-order chi connectivity index (χ0) is 10.5. The van der Waals surface area contributed by atoms with Crippen molar-refractivity contribution >= 4 is 22.7 Å². The van der Waals surface area contributed by atoms with Gasteiger partial charge in [0.1, 0.15) is 0 Å². The molecular weight excluding hydrogens is 204 g/mol. The normalized spacial score (nSPS) is 11.0. The maximum absolute atomic E-state index is 5.45. The molecule has 2 aromatic rings. The number of benzene rings is 1. The molecule has 0 spiro atoms. The lowest BCUT2D eigenvalue weighted by Crippen LogP contribution is -1.98. The summed E-state index contributed by atoms with van der Waals surface area (Å²) in [6, 6.07) is 10.6. The number of nitrogens with one attached hydrogen (secondary N) is 1. The molecule has 80 valence electrons. The third-order valence-electron chi connectivity index (χ3n) is 2.36. The predicted octanol–water partition coefficient (Wildman–Crippen LogP) is 3.00. The van der Waals surface area contributed by atoms with Crippen LogP contribution in [0.15, 0.2) is 35.4 Å². The van der Waals surface area contributed by atoms with E-state index >= 15 is 0 Å². The molecule has 1 aromatic carbocycles. The number of hydrogen-bond donors (Lipinski definition) is 2. The van der Waals surface area contributed by atoms with Gasteiger partial charge in [0.05, 0.1) is 5.03 Å². The minimum Gasteiger partial charge on any atom is -0.350 e. The molecule has 3 heteroatoms. The van der Waals surface area contributed by atoms with E-state index in [1.807, 2.05) is 11.8 Å². The van der Waals surface area contributed by atoms with Crippen LogP contribution in [0.25, 0.3) is 10.9 Å². The van der Waals surface area contributed by atoms with Gasteiger partial charge < -0.3 is 10.7 Å². The Hall–Kier alpha value is -0.930. The Morgan fingerprint density at radius 1 is 1.20 bits per heavy atom. The van der Waals surface area contributed by atoms with Crippen LogP contribution in [0, 0.1) is 0 Å². The number of unbranched alkanes of at least 4 members (excludes halogenated alkanes) is 1. The summed E-state index contributed by atoms with van der Waals surface area (Å²) in [5, 5.41) is 2.55. The first-order valence-electron chi connectivity index (χ1n) is 5.31. The number of nitrogens with two attached hydrogens (primary N) is 1. The molecule has 15 heavy (non-hydrogen) atoms.